The SMILES string of the molecule is [H-].[K+].[nH]1o[pH]1. The second-order valence-corrected chi connectivity index (χ2v) is 0.919. The van der Waals surface area contributed by atoms with Gasteiger partial charge in [0, 0.05) is 0 Å². The number of hydrogen-bond donors (Lipinski definition) is 1. The maximum Gasteiger partial charge on any atom is 1.00 e. The first-order chi connectivity index (χ1) is 1.50. The predicted octanol–water partition coefficient (Wildman–Crippen LogP) is -2.24. The maximum atomic E-state index is 4.28. The van der Waals surface area contributed by atoms with Gasteiger partial charge < -0.3 is 5.73 Å². The Balaban J connectivity index is 0. The molecule has 0 aliphatic carbocycles. The number of aromatic nitrogens is 1. The van der Waals surface area contributed by atoms with Crippen molar-refractivity contribution in [1.29, 1.82) is 0 Å². The molecule has 4 heteroatoms. The molecule has 1 aromatic heterocycles. The number of nitrogens with one attached hydrogen (secondary N) is 1. The van der Waals surface area contributed by atoms with E-state index in [1.807, 2.05) is 0 Å². The molecule has 1 aromatic rings. The van der Waals surface area contributed by atoms with E-state index in [0.717, 1.165) is 0 Å². The van der Waals surface area contributed by atoms with Crippen molar-refractivity contribution in [3.63, 3.8) is 0 Å². The molecular formula is H3KNOP. The van der Waals surface area contributed by atoms with Crippen molar-refractivity contribution < 1.29 is 57.1 Å². The third kappa shape index (κ3) is 3.54. The van der Waals surface area contributed by atoms with Gasteiger partial charge >= 0.3 is 51.4 Å². The summed E-state index contributed by atoms with van der Waals surface area (Å²) in [6.07, 6.45) is 0. The van der Waals surface area contributed by atoms with Crippen LogP contribution in [0.4, 0.5) is 0 Å². The van der Waals surface area contributed by atoms with Gasteiger partial charge in [0.25, 0.3) is 0 Å². The standard InChI is InChI=1S/K.H2NOP.H/c;1-2-3-1;/h;1,3H;/q+1;;-1. The average molecular weight is 103 g/mol. The fourth-order valence-electron chi connectivity index (χ4n) is 0. The van der Waals surface area contributed by atoms with Crippen LogP contribution >= 0.6 is 8.59 Å². The topological polar surface area (TPSA) is 28.9 Å². The predicted molar refractivity (Wildman–Crippen MR) is 13.7 cm³/mol. The second-order valence-electron chi connectivity index (χ2n) is 0.306. The molecule has 0 aromatic carbocycles. The fraction of sp³-hybridized carbons (Fsp3) is 0. The van der Waals surface area contributed by atoms with Crippen LogP contribution in [-0.2, 0) is 0 Å². The van der Waals surface area contributed by atoms with Gasteiger partial charge in [-0.25, -0.2) is 0 Å². The number of aromatic amines is 1. The summed E-state index contributed by atoms with van der Waals surface area (Å²) in [7, 11) is 0.583. The van der Waals surface area contributed by atoms with Crippen molar-refractivity contribution in [1.82, 2.24) is 4.92 Å². The molecule has 1 atom stereocenters. The Morgan fingerprint density at radius 2 is 2.25 bits per heavy atom. The van der Waals surface area contributed by atoms with Gasteiger partial charge in [-0.1, -0.05) is 0 Å². The molecule has 0 bridgehead atoms. The Morgan fingerprint density at radius 1 is 2.00 bits per heavy atom. The van der Waals surface area contributed by atoms with E-state index in [2.05, 4.69) is 9.22 Å². The third-order valence-electron chi connectivity index (χ3n) is 0.102. The van der Waals surface area contributed by atoms with E-state index < -0.39 is 0 Å². The molecule has 20 valence electrons. The molecule has 0 radical (unpaired) electrons. The molecule has 1 rings (SSSR count). The smallest absolute Gasteiger partial charge is 1.00 e. The second kappa shape index (κ2) is 2.76. The van der Waals surface area contributed by atoms with Crippen molar-refractivity contribution in [3.8, 4) is 0 Å². The first-order valence-electron chi connectivity index (χ1n) is 0.658. The van der Waals surface area contributed by atoms with Gasteiger partial charge in [0.1, 0.15) is 0 Å². The quantitative estimate of drug-likeness (QED) is 0.369. The normalized spacial score (nSPS) is 8.00. The van der Waals surface area contributed by atoms with Gasteiger partial charge in [0.15, 0.2) is 8.59 Å². The Labute approximate surface area is 69.4 Å². The zero-order chi connectivity index (χ0) is 2.12. The molecule has 0 amide bonds. The van der Waals surface area contributed by atoms with Crippen LogP contribution in [0.2, 0.25) is 0 Å². The molecule has 0 saturated heterocycles. The monoisotopic (exact) mass is 103 g/mol. The molecule has 0 aliphatic heterocycles. The maximum absolute atomic E-state index is 4.28. The summed E-state index contributed by atoms with van der Waals surface area (Å²) in [5, 5.41) is 0. The fourth-order valence-corrected chi connectivity index (χ4v) is 0. The number of hydrogen-bond acceptors (Lipinski definition) is 1. The van der Waals surface area contributed by atoms with Crippen molar-refractivity contribution >= 4 is 8.59 Å². The summed E-state index contributed by atoms with van der Waals surface area (Å²) >= 11 is 0. The Hall–Kier alpha value is 1.54. The number of H-pyrrole nitrogens is 1. The van der Waals surface area contributed by atoms with Gasteiger partial charge in [-0.3, -0.25) is 0 Å². The van der Waals surface area contributed by atoms with Crippen LogP contribution in [0, 0.1) is 0 Å². The van der Waals surface area contributed by atoms with Gasteiger partial charge in [0.2, 0.25) is 0 Å². The van der Waals surface area contributed by atoms with Gasteiger partial charge in [-0.15, -0.1) is 0 Å². The van der Waals surface area contributed by atoms with Crippen molar-refractivity contribution in [2.24, 2.45) is 0 Å². The third-order valence-corrected chi connectivity index (χ3v) is 0.306. The van der Waals surface area contributed by atoms with E-state index in [0.29, 0.717) is 8.59 Å². The van der Waals surface area contributed by atoms with E-state index in [4.69, 9.17) is 0 Å². The minimum absolute atomic E-state index is 0. The Morgan fingerprint density at radius 3 is 2.25 bits per heavy atom. The summed E-state index contributed by atoms with van der Waals surface area (Å²) in [4.78, 5) is 2.53. The Bertz CT molecular complexity index is 39.7. The molecule has 0 saturated carbocycles. The summed E-state index contributed by atoms with van der Waals surface area (Å²) in [6.45, 7) is 0. The van der Waals surface area contributed by atoms with E-state index >= 15 is 0 Å². The van der Waals surface area contributed by atoms with Crippen LogP contribution in [0.25, 0.3) is 0 Å². The van der Waals surface area contributed by atoms with E-state index in [1.54, 1.807) is 0 Å². The van der Waals surface area contributed by atoms with E-state index in [9.17, 15) is 0 Å². The zero-order valence-electron chi connectivity index (χ0n) is 3.41. The summed E-state index contributed by atoms with van der Waals surface area (Å²) in [6, 6.07) is 0. The Kier molecular flexibility index (Phi) is 3.82. The van der Waals surface area contributed by atoms with E-state index in [-0.39, 0.29) is 52.8 Å². The molecule has 1 heterocycles. The van der Waals surface area contributed by atoms with Gasteiger partial charge in [-0.2, -0.15) is 4.92 Å². The first kappa shape index (κ1) is 5.54. The first-order valence-corrected chi connectivity index (χ1v) is 1.57. The summed E-state index contributed by atoms with van der Waals surface area (Å²) in [5.74, 6) is 0. The van der Waals surface area contributed by atoms with Crippen LogP contribution in [0.1, 0.15) is 1.43 Å². The summed E-state index contributed by atoms with van der Waals surface area (Å²) < 4.78 is 4.28. The average Bonchev–Trinajstić information content (AvgIpc) is 1.46. The molecular weight excluding hydrogens is 100 g/mol. The van der Waals surface area contributed by atoms with E-state index in [1.165, 1.54) is 0 Å². The van der Waals surface area contributed by atoms with Gasteiger partial charge in [-0.05, 0) is 0 Å². The zero-order valence-corrected chi connectivity index (χ0v) is 6.53. The van der Waals surface area contributed by atoms with Crippen LogP contribution in [0.3, 0.4) is 0 Å². The van der Waals surface area contributed by atoms with Crippen molar-refractivity contribution in [3.05, 3.63) is 0 Å². The molecule has 0 aliphatic rings. The molecule has 0 spiro atoms. The summed E-state index contributed by atoms with van der Waals surface area (Å²) in [5.41, 5.74) is 0. The largest absolute Gasteiger partial charge is 1.00 e. The molecule has 1 unspecified atom stereocenters. The minimum Gasteiger partial charge on any atom is -1.00 e. The van der Waals surface area contributed by atoms with Crippen molar-refractivity contribution in [2.45, 2.75) is 0 Å². The molecule has 2 nitrogen and oxygen atoms in total. The molecule has 1 N–H and O–H groups in total. The van der Waals surface area contributed by atoms with Gasteiger partial charge in [0.05, 0.1) is 0 Å². The van der Waals surface area contributed by atoms with Crippen LogP contribution in [0.5, 0.6) is 0 Å². The molecule has 0 fully saturated rings. The van der Waals surface area contributed by atoms with Crippen LogP contribution in [-0.4, -0.2) is 4.92 Å². The van der Waals surface area contributed by atoms with Crippen LogP contribution < -0.4 is 51.4 Å². The van der Waals surface area contributed by atoms with Crippen molar-refractivity contribution in [2.75, 3.05) is 0 Å². The minimum atomic E-state index is 0. The molecule has 4 heavy (non-hydrogen) atoms. The van der Waals surface area contributed by atoms with Crippen LogP contribution in [0.15, 0.2) is 4.30 Å². The number of rotatable bonds is 0.